The van der Waals surface area contributed by atoms with E-state index in [-0.39, 0.29) is 5.54 Å². The maximum Gasteiger partial charge on any atom is 0.130 e. The lowest BCUT2D eigenvalue weighted by atomic mass is 9.86. The lowest BCUT2D eigenvalue weighted by Gasteiger charge is -2.28. The minimum absolute atomic E-state index is 0.194. The van der Waals surface area contributed by atoms with Crippen molar-refractivity contribution in [2.24, 2.45) is 5.92 Å². The highest BCUT2D eigenvalue weighted by molar-refractivity contribution is 5.21. The fraction of sp³-hybridized carbons (Fsp3) is 0.765. The summed E-state index contributed by atoms with van der Waals surface area (Å²) in [6, 6.07) is 0. The van der Waals surface area contributed by atoms with Gasteiger partial charge in [0.15, 0.2) is 0 Å². The molecule has 1 aromatic rings. The molecule has 1 atom stereocenters. The van der Waals surface area contributed by atoms with Gasteiger partial charge >= 0.3 is 0 Å². The molecule has 1 unspecified atom stereocenters. The predicted octanol–water partition coefficient (Wildman–Crippen LogP) is 2.55. The van der Waals surface area contributed by atoms with Gasteiger partial charge in [-0.25, -0.2) is 9.97 Å². The molecule has 0 aliphatic heterocycles. The summed E-state index contributed by atoms with van der Waals surface area (Å²) < 4.78 is 5.37. The number of fused-ring (bicyclic) bond motifs is 1. The monoisotopic (exact) mass is 291 g/mol. The van der Waals surface area contributed by atoms with Gasteiger partial charge in [-0.3, -0.25) is 0 Å². The molecule has 0 aromatic carbocycles. The molecule has 0 amide bonds. The molecule has 0 radical (unpaired) electrons. The Bertz CT molecular complexity index is 454. The van der Waals surface area contributed by atoms with Gasteiger partial charge in [0.2, 0.25) is 0 Å². The minimum atomic E-state index is 0.194. The van der Waals surface area contributed by atoms with Crippen LogP contribution in [0.25, 0.3) is 0 Å². The molecule has 0 saturated carbocycles. The first-order valence-corrected chi connectivity index (χ1v) is 8.14. The summed E-state index contributed by atoms with van der Waals surface area (Å²) in [6.45, 7) is 11.2. The minimum Gasteiger partial charge on any atom is -0.381 e. The molecule has 0 bridgehead atoms. The van der Waals surface area contributed by atoms with Crippen molar-refractivity contribution in [1.29, 1.82) is 0 Å². The highest BCUT2D eigenvalue weighted by Crippen LogP contribution is 2.24. The Morgan fingerprint density at radius 1 is 1.38 bits per heavy atom. The first-order valence-electron chi connectivity index (χ1n) is 8.14. The van der Waals surface area contributed by atoms with Crippen LogP contribution in [0.15, 0.2) is 6.20 Å². The summed E-state index contributed by atoms with van der Waals surface area (Å²) in [5.41, 5.74) is 2.78. The zero-order valence-corrected chi connectivity index (χ0v) is 13.9. The molecule has 1 aromatic heterocycles. The van der Waals surface area contributed by atoms with Crippen molar-refractivity contribution < 1.29 is 4.74 Å². The second-order valence-electron chi connectivity index (χ2n) is 6.94. The molecule has 1 aliphatic rings. The Morgan fingerprint density at radius 2 is 2.19 bits per heavy atom. The van der Waals surface area contributed by atoms with Crippen LogP contribution in [-0.4, -0.2) is 35.3 Å². The Labute approximate surface area is 128 Å². The SMILES string of the molecule is CCOCCc1ncc2c(n1)CCC(CNC(C)(C)C)C2. The Hall–Kier alpha value is -1.00. The van der Waals surface area contributed by atoms with Crippen LogP contribution in [0.4, 0.5) is 0 Å². The van der Waals surface area contributed by atoms with Gasteiger partial charge in [-0.05, 0) is 65.0 Å². The molecular weight excluding hydrogens is 262 g/mol. The summed E-state index contributed by atoms with van der Waals surface area (Å²) in [4.78, 5) is 9.21. The van der Waals surface area contributed by atoms with Crippen molar-refractivity contribution in [2.75, 3.05) is 19.8 Å². The standard InChI is InChI=1S/C17H29N3O/c1-5-21-9-8-16-18-12-14-10-13(6-7-15(14)20-16)11-19-17(2,3)4/h12-13,19H,5-11H2,1-4H3. The number of aryl methyl sites for hydroxylation is 1. The molecule has 0 fully saturated rings. The molecule has 4 nitrogen and oxygen atoms in total. The van der Waals surface area contributed by atoms with Gasteiger partial charge < -0.3 is 10.1 Å². The van der Waals surface area contributed by atoms with E-state index >= 15 is 0 Å². The maximum atomic E-state index is 5.37. The topological polar surface area (TPSA) is 47.0 Å². The number of aromatic nitrogens is 2. The van der Waals surface area contributed by atoms with Crippen molar-refractivity contribution in [3.05, 3.63) is 23.3 Å². The van der Waals surface area contributed by atoms with E-state index in [1.807, 2.05) is 13.1 Å². The summed E-state index contributed by atoms with van der Waals surface area (Å²) in [7, 11) is 0. The van der Waals surface area contributed by atoms with Crippen molar-refractivity contribution >= 4 is 0 Å². The maximum absolute atomic E-state index is 5.37. The molecule has 0 spiro atoms. The van der Waals surface area contributed by atoms with E-state index in [1.54, 1.807) is 0 Å². The van der Waals surface area contributed by atoms with Crippen LogP contribution in [0.3, 0.4) is 0 Å². The highest BCUT2D eigenvalue weighted by Gasteiger charge is 2.22. The third kappa shape index (κ3) is 5.36. The lowest BCUT2D eigenvalue weighted by molar-refractivity contribution is 0.149. The largest absolute Gasteiger partial charge is 0.381 e. The van der Waals surface area contributed by atoms with Crippen LogP contribution in [-0.2, 0) is 24.0 Å². The smallest absolute Gasteiger partial charge is 0.130 e. The summed E-state index contributed by atoms with van der Waals surface area (Å²) >= 11 is 0. The zero-order valence-electron chi connectivity index (χ0n) is 13.9. The second-order valence-corrected chi connectivity index (χ2v) is 6.94. The third-order valence-electron chi connectivity index (χ3n) is 3.90. The van der Waals surface area contributed by atoms with E-state index in [2.05, 4.69) is 31.1 Å². The summed E-state index contributed by atoms with van der Waals surface area (Å²) in [5.74, 6) is 1.63. The van der Waals surface area contributed by atoms with Crippen molar-refractivity contribution in [2.45, 2.75) is 58.9 Å². The Morgan fingerprint density at radius 3 is 2.90 bits per heavy atom. The quantitative estimate of drug-likeness (QED) is 0.818. The molecule has 0 saturated heterocycles. The van der Waals surface area contributed by atoms with Gasteiger partial charge in [0.05, 0.1) is 6.61 Å². The van der Waals surface area contributed by atoms with Crippen LogP contribution < -0.4 is 5.32 Å². The van der Waals surface area contributed by atoms with E-state index in [9.17, 15) is 0 Å². The van der Waals surface area contributed by atoms with Crippen molar-refractivity contribution in [1.82, 2.24) is 15.3 Å². The Kier molecular flexibility index (Phi) is 5.71. The molecule has 4 heteroatoms. The highest BCUT2D eigenvalue weighted by atomic mass is 16.5. The van der Waals surface area contributed by atoms with E-state index < -0.39 is 0 Å². The number of nitrogens with one attached hydrogen (secondary N) is 1. The van der Waals surface area contributed by atoms with E-state index in [4.69, 9.17) is 9.72 Å². The summed E-state index contributed by atoms with van der Waals surface area (Å²) in [5, 5.41) is 3.61. The lowest BCUT2D eigenvalue weighted by Crippen LogP contribution is -2.40. The Balaban J connectivity index is 1.90. The molecule has 1 aliphatic carbocycles. The number of rotatable bonds is 6. The van der Waals surface area contributed by atoms with E-state index in [0.29, 0.717) is 12.5 Å². The first kappa shape index (κ1) is 16.4. The molecular formula is C17H29N3O. The average molecular weight is 291 g/mol. The van der Waals surface area contributed by atoms with E-state index in [1.165, 1.54) is 17.7 Å². The average Bonchev–Trinajstić information content (AvgIpc) is 2.44. The second kappa shape index (κ2) is 7.32. The van der Waals surface area contributed by atoms with Crippen LogP contribution in [0.5, 0.6) is 0 Å². The normalized spacial score (nSPS) is 18.6. The number of hydrogen-bond acceptors (Lipinski definition) is 4. The number of ether oxygens (including phenoxy) is 1. The van der Waals surface area contributed by atoms with Crippen molar-refractivity contribution in [3.63, 3.8) is 0 Å². The molecule has 2 rings (SSSR count). The van der Waals surface area contributed by atoms with Gasteiger partial charge in [0.1, 0.15) is 5.82 Å². The van der Waals surface area contributed by atoms with Crippen LogP contribution in [0.2, 0.25) is 0 Å². The zero-order chi connectivity index (χ0) is 15.3. The van der Waals surface area contributed by atoms with Crippen LogP contribution in [0.1, 0.15) is 51.2 Å². The van der Waals surface area contributed by atoms with Gasteiger partial charge in [0, 0.05) is 30.5 Å². The molecule has 21 heavy (non-hydrogen) atoms. The van der Waals surface area contributed by atoms with Crippen LogP contribution in [0, 0.1) is 5.92 Å². The van der Waals surface area contributed by atoms with Gasteiger partial charge in [-0.15, -0.1) is 0 Å². The predicted molar refractivity (Wildman–Crippen MR) is 85.5 cm³/mol. The van der Waals surface area contributed by atoms with Crippen LogP contribution >= 0.6 is 0 Å². The molecule has 1 heterocycles. The number of nitrogens with zero attached hydrogens (tertiary/aromatic N) is 2. The summed E-state index contributed by atoms with van der Waals surface area (Å²) in [6.07, 6.45) is 6.25. The molecule has 1 N–H and O–H groups in total. The van der Waals surface area contributed by atoms with Crippen molar-refractivity contribution in [3.8, 4) is 0 Å². The van der Waals surface area contributed by atoms with Gasteiger partial charge in [-0.2, -0.15) is 0 Å². The van der Waals surface area contributed by atoms with E-state index in [0.717, 1.165) is 38.2 Å². The fourth-order valence-corrected chi connectivity index (χ4v) is 2.68. The first-order chi connectivity index (χ1) is 9.98. The fourth-order valence-electron chi connectivity index (χ4n) is 2.68. The third-order valence-corrected chi connectivity index (χ3v) is 3.90. The van der Waals surface area contributed by atoms with Gasteiger partial charge in [0.25, 0.3) is 0 Å². The van der Waals surface area contributed by atoms with Gasteiger partial charge in [-0.1, -0.05) is 0 Å². The molecule has 118 valence electrons. The number of hydrogen-bond donors (Lipinski definition) is 1.